The van der Waals surface area contributed by atoms with Gasteiger partial charge in [-0.1, -0.05) is 30.0 Å². The highest BCUT2D eigenvalue weighted by atomic mass is 32.2. The van der Waals surface area contributed by atoms with Crippen LogP contribution >= 0.6 is 11.8 Å². The monoisotopic (exact) mass is 303 g/mol. The number of aryl methyl sites for hydroxylation is 2. The lowest BCUT2D eigenvalue weighted by atomic mass is 10.1. The van der Waals surface area contributed by atoms with Gasteiger partial charge in [-0.3, -0.25) is 9.59 Å². The lowest BCUT2D eigenvalue weighted by Gasteiger charge is -2.14. The van der Waals surface area contributed by atoms with Crippen molar-refractivity contribution in [2.24, 2.45) is 0 Å². The Morgan fingerprint density at radius 3 is 2.57 bits per heavy atom. The number of amides is 1. The second-order valence-corrected chi connectivity index (χ2v) is 6.08. The van der Waals surface area contributed by atoms with Gasteiger partial charge in [0.15, 0.2) is 5.16 Å². The number of thioether (sulfide) groups is 1. The number of nitrogens with zero attached hydrogens (tertiary/aromatic N) is 1. The molecular weight excluding hydrogens is 286 g/mol. The molecule has 1 atom stereocenters. The van der Waals surface area contributed by atoms with Gasteiger partial charge in [0.25, 0.3) is 5.56 Å². The minimum atomic E-state index is -0.366. The van der Waals surface area contributed by atoms with Crippen molar-refractivity contribution in [1.29, 1.82) is 0 Å². The molecule has 0 aliphatic heterocycles. The van der Waals surface area contributed by atoms with Crippen molar-refractivity contribution in [2.45, 2.75) is 31.2 Å². The zero-order valence-electron chi connectivity index (χ0n) is 12.1. The number of anilines is 1. The average Bonchev–Trinajstić information content (AvgIpc) is 2.43. The van der Waals surface area contributed by atoms with Crippen LogP contribution in [0.1, 0.15) is 18.1 Å². The van der Waals surface area contributed by atoms with E-state index in [1.807, 2.05) is 32.0 Å². The first-order chi connectivity index (χ1) is 9.97. The number of carbonyl (C=O) groups excluding carboxylic acids is 1. The summed E-state index contributed by atoms with van der Waals surface area (Å²) >= 11 is 1.22. The van der Waals surface area contributed by atoms with Crippen LogP contribution in [0.5, 0.6) is 0 Å². The third-order valence-corrected chi connectivity index (χ3v) is 4.03. The van der Waals surface area contributed by atoms with Crippen molar-refractivity contribution in [3.63, 3.8) is 0 Å². The summed E-state index contributed by atoms with van der Waals surface area (Å²) in [6, 6.07) is 7.20. The Balaban J connectivity index is 2.08. The molecule has 0 radical (unpaired) electrons. The van der Waals surface area contributed by atoms with Crippen LogP contribution in [0, 0.1) is 13.8 Å². The van der Waals surface area contributed by atoms with Crippen molar-refractivity contribution < 1.29 is 4.79 Å². The van der Waals surface area contributed by atoms with Crippen molar-refractivity contribution in [2.75, 3.05) is 5.32 Å². The van der Waals surface area contributed by atoms with Gasteiger partial charge in [-0.15, -0.1) is 0 Å². The van der Waals surface area contributed by atoms with Crippen LogP contribution in [0.25, 0.3) is 0 Å². The lowest BCUT2D eigenvalue weighted by molar-refractivity contribution is -0.115. The maximum Gasteiger partial charge on any atom is 0.251 e. The molecule has 2 rings (SSSR count). The van der Waals surface area contributed by atoms with E-state index >= 15 is 0 Å². The predicted octanol–water partition coefficient (Wildman–Crippen LogP) is 2.51. The van der Waals surface area contributed by atoms with Crippen molar-refractivity contribution in [3.05, 3.63) is 51.9 Å². The molecule has 0 aliphatic carbocycles. The highest BCUT2D eigenvalue weighted by Crippen LogP contribution is 2.23. The van der Waals surface area contributed by atoms with Crippen molar-refractivity contribution in [1.82, 2.24) is 9.97 Å². The molecule has 5 nitrogen and oxygen atoms in total. The first-order valence-electron chi connectivity index (χ1n) is 6.56. The number of H-pyrrole nitrogens is 1. The summed E-state index contributed by atoms with van der Waals surface area (Å²) in [5.74, 6) is -0.121. The van der Waals surface area contributed by atoms with E-state index < -0.39 is 0 Å². The molecule has 6 heteroatoms. The van der Waals surface area contributed by atoms with Crippen LogP contribution in [0.4, 0.5) is 5.69 Å². The number of benzene rings is 1. The molecule has 0 saturated heterocycles. The topological polar surface area (TPSA) is 74.8 Å². The van der Waals surface area contributed by atoms with E-state index in [0.29, 0.717) is 5.16 Å². The Labute approximate surface area is 127 Å². The molecule has 1 heterocycles. The average molecular weight is 303 g/mol. The second kappa shape index (κ2) is 6.58. The maximum absolute atomic E-state index is 12.3. The van der Waals surface area contributed by atoms with Crippen LogP contribution in [0.15, 0.2) is 40.4 Å². The predicted molar refractivity (Wildman–Crippen MR) is 84.7 cm³/mol. The minimum Gasteiger partial charge on any atom is -0.325 e. The first-order valence-corrected chi connectivity index (χ1v) is 7.44. The molecule has 2 aromatic rings. The Morgan fingerprint density at radius 2 is 1.95 bits per heavy atom. The van der Waals surface area contributed by atoms with E-state index in [2.05, 4.69) is 15.3 Å². The van der Waals surface area contributed by atoms with E-state index in [4.69, 9.17) is 0 Å². The fourth-order valence-electron chi connectivity index (χ4n) is 1.87. The fourth-order valence-corrected chi connectivity index (χ4v) is 2.65. The smallest absolute Gasteiger partial charge is 0.251 e. The molecule has 1 aromatic carbocycles. The summed E-state index contributed by atoms with van der Waals surface area (Å²) in [5, 5.41) is 3.00. The third-order valence-electron chi connectivity index (χ3n) is 3.03. The molecule has 1 aromatic heterocycles. The normalized spacial score (nSPS) is 12.0. The van der Waals surface area contributed by atoms with Gasteiger partial charge in [0.1, 0.15) is 0 Å². The summed E-state index contributed by atoms with van der Waals surface area (Å²) in [4.78, 5) is 30.1. The van der Waals surface area contributed by atoms with Crippen LogP contribution in [-0.2, 0) is 4.79 Å². The first kappa shape index (κ1) is 15.3. The number of rotatable bonds is 4. The van der Waals surface area contributed by atoms with Gasteiger partial charge in [0.2, 0.25) is 5.91 Å². The fraction of sp³-hybridized carbons (Fsp3) is 0.267. The van der Waals surface area contributed by atoms with Crippen LogP contribution in [-0.4, -0.2) is 21.1 Å². The standard InChI is InChI=1S/C15H17N3O2S/c1-9-5-4-6-10(2)13(9)18-14(20)11(3)21-15-16-8-7-12(19)17-15/h4-8,11H,1-3H3,(H,18,20)(H,16,17,19). The third kappa shape index (κ3) is 3.95. The quantitative estimate of drug-likeness (QED) is 0.672. The second-order valence-electron chi connectivity index (χ2n) is 4.76. The summed E-state index contributed by atoms with van der Waals surface area (Å²) in [6.45, 7) is 5.69. The van der Waals surface area contributed by atoms with E-state index in [1.54, 1.807) is 6.92 Å². The zero-order chi connectivity index (χ0) is 15.4. The van der Waals surface area contributed by atoms with E-state index in [-0.39, 0.29) is 16.7 Å². The molecular formula is C15H17N3O2S. The van der Waals surface area contributed by atoms with E-state index in [1.165, 1.54) is 24.0 Å². The highest BCUT2D eigenvalue weighted by molar-refractivity contribution is 8.00. The van der Waals surface area contributed by atoms with Gasteiger partial charge in [-0.25, -0.2) is 4.98 Å². The number of carbonyl (C=O) groups is 1. The molecule has 0 saturated carbocycles. The molecule has 2 N–H and O–H groups in total. The summed E-state index contributed by atoms with van der Waals surface area (Å²) in [7, 11) is 0. The Kier molecular flexibility index (Phi) is 4.80. The van der Waals surface area contributed by atoms with Crippen LogP contribution in [0.3, 0.4) is 0 Å². The molecule has 1 unspecified atom stereocenters. The molecule has 0 aliphatic rings. The number of nitrogens with one attached hydrogen (secondary N) is 2. The number of para-hydroxylation sites is 1. The number of aromatic amines is 1. The number of hydrogen-bond donors (Lipinski definition) is 2. The van der Waals surface area contributed by atoms with Crippen molar-refractivity contribution >= 4 is 23.4 Å². The van der Waals surface area contributed by atoms with Gasteiger partial charge in [0, 0.05) is 18.0 Å². The van der Waals surface area contributed by atoms with Gasteiger partial charge in [-0.05, 0) is 31.9 Å². The minimum absolute atomic E-state index is 0.121. The molecule has 21 heavy (non-hydrogen) atoms. The van der Waals surface area contributed by atoms with Crippen LogP contribution < -0.4 is 10.9 Å². The van der Waals surface area contributed by atoms with E-state index in [9.17, 15) is 9.59 Å². The van der Waals surface area contributed by atoms with Gasteiger partial charge >= 0.3 is 0 Å². The molecule has 0 bridgehead atoms. The maximum atomic E-state index is 12.3. The summed E-state index contributed by atoms with van der Waals surface area (Å²) in [6.07, 6.45) is 1.43. The van der Waals surface area contributed by atoms with E-state index in [0.717, 1.165) is 16.8 Å². The zero-order valence-corrected chi connectivity index (χ0v) is 13.0. The largest absolute Gasteiger partial charge is 0.325 e. The van der Waals surface area contributed by atoms with Gasteiger partial charge in [-0.2, -0.15) is 0 Å². The summed E-state index contributed by atoms with van der Waals surface area (Å²) < 4.78 is 0. The SMILES string of the molecule is Cc1cccc(C)c1NC(=O)C(C)Sc1nccc(=O)[nH]1. The molecule has 1 amide bonds. The van der Waals surface area contributed by atoms with Crippen LogP contribution in [0.2, 0.25) is 0 Å². The van der Waals surface area contributed by atoms with Gasteiger partial charge in [0.05, 0.1) is 5.25 Å². The van der Waals surface area contributed by atoms with Crippen molar-refractivity contribution in [3.8, 4) is 0 Å². The Bertz CT molecular complexity index is 692. The molecule has 110 valence electrons. The highest BCUT2D eigenvalue weighted by Gasteiger charge is 2.17. The Morgan fingerprint density at radius 1 is 1.29 bits per heavy atom. The Hall–Kier alpha value is -2.08. The lowest BCUT2D eigenvalue weighted by Crippen LogP contribution is -2.24. The molecule has 0 spiro atoms. The number of hydrogen-bond acceptors (Lipinski definition) is 4. The van der Waals surface area contributed by atoms with Gasteiger partial charge < -0.3 is 10.3 Å². The number of aromatic nitrogens is 2. The molecule has 0 fully saturated rings. The summed E-state index contributed by atoms with van der Waals surface area (Å²) in [5.41, 5.74) is 2.65.